The average Bonchev–Trinajstić information content (AvgIpc) is 3.27. The van der Waals surface area contributed by atoms with Crippen molar-refractivity contribution in [2.24, 2.45) is 17.3 Å². The average molecular weight is 409 g/mol. The monoisotopic (exact) mass is 409 g/mol. The Bertz CT molecular complexity index is 1030. The molecule has 1 saturated carbocycles. The minimum atomic E-state index is -1.25. The van der Waals surface area contributed by atoms with Gasteiger partial charge in [-0.1, -0.05) is 44.2 Å². The lowest BCUT2D eigenvalue weighted by atomic mass is 10.1. The van der Waals surface area contributed by atoms with Gasteiger partial charge in [0.2, 0.25) is 6.10 Å². The van der Waals surface area contributed by atoms with Gasteiger partial charge < -0.3 is 14.6 Å². The van der Waals surface area contributed by atoms with Crippen LogP contribution in [0.4, 0.5) is 4.39 Å². The van der Waals surface area contributed by atoms with E-state index in [1.807, 2.05) is 19.9 Å². The first-order chi connectivity index (χ1) is 14.2. The van der Waals surface area contributed by atoms with Gasteiger partial charge in [-0.2, -0.15) is 5.26 Å². The van der Waals surface area contributed by atoms with Crippen LogP contribution in [0.1, 0.15) is 25.5 Å². The lowest BCUT2D eigenvalue weighted by Crippen LogP contribution is -2.14. The van der Waals surface area contributed by atoms with E-state index in [4.69, 9.17) is 14.6 Å². The quantitative estimate of drug-likeness (QED) is 0.529. The molecule has 0 spiro atoms. The molecule has 0 saturated heterocycles. The van der Waals surface area contributed by atoms with Crippen molar-refractivity contribution in [2.75, 3.05) is 0 Å². The number of nitrogens with zero attached hydrogens (tertiary/aromatic N) is 1. The summed E-state index contributed by atoms with van der Waals surface area (Å²) >= 11 is 0. The van der Waals surface area contributed by atoms with E-state index in [0.717, 1.165) is 12.1 Å². The zero-order valence-corrected chi connectivity index (χ0v) is 16.4. The number of para-hydroxylation sites is 1. The Balaban J connectivity index is 1.75. The van der Waals surface area contributed by atoms with Gasteiger partial charge in [-0.3, -0.25) is 4.79 Å². The molecule has 2 aromatic carbocycles. The first-order valence-corrected chi connectivity index (χ1v) is 9.27. The molecule has 3 atom stereocenters. The second-order valence-corrected chi connectivity index (χ2v) is 7.57. The van der Waals surface area contributed by atoms with E-state index in [9.17, 15) is 19.2 Å². The Morgan fingerprint density at radius 2 is 1.93 bits per heavy atom. The normalized spacial score (nSPS) is 20.2. The second-order valence-electron chi connectivity index (χ2n) is 7.57. The zero-order chi connectivity index (χ0) is 21.9. The van der Waals surface area contributed by atoms with Gasteiger partial charge in [0.05, 0.1) is 5.92 Å². The van der Waals surface area contributed by atoms with Gasteiger partial charge in [0, 0.05) is 11.6 Å². The van der Waals surface area contributed by atoms with Crippen molar-refractivity contribution >= 4 is 11.9 Å². The molecule has 1 aliphatic carbocycles. The van der Waals surface area contributed by atoms with Crippen molar-refractivity contribution < 1.29 is 28.6 Å². The topological polar surface area (TPSA) is 96.6 Å². The van der Waals surface area contributed by atoms with Crippen LogP contribution in [-0.2, 0) is 14.3 Å². The molecule has 7 heteroatoms. The smallest absolute Gasteiger partial charge is 0.327 e. The van der Waals surface area contributed by atoms with Crippen LogP contribution in [0.25, 0.3) is 0 Å². The number of carbonyl (C=O) groups excluding carboxylic acids is 1. The molecule has 30 heavy (non-hydrogen) atoms. The highest BCUT2D eigenvalue weighted by atomic mass is 19.1. The number of carboxylic acids is 1. The van der Waals surface area contributed by atoms with Crippen molar-refractivity contribution in [2.45, 2.75) is 20.0 Å². The fourth-order valence-electron chi connectivity index (χ4n) is 3.41. The molecule has 1 aliphatic rings. The Morgan fingerprint density at radius 3 is 2.57 bits per heavy atom. The van der Waals surface area contributed by atoms with Gasteiger partial charge in [-0.15, -0.1) is 0 Å². The minimum absolute atomic E-state index is 0.0935. The number of hydrogen-bond acceptors (Lipinski definition) is 5. The summed E-state index contributed by atoms with van der Waals surface area (Å²) in [5, 5.41) is 18.3. The Labute approximate surface area is 173 Å². The van der Waals surface area contributed by atoms with Crippen molar-refractivity contribution in [3.8, 4) is 17.6 Å². The predicted molar refractivity (Wildman–Crippen MR) is 105 cm³/mol. The Hall–Kier alpha value is -3.66. The number of carboxylic acid groups (broad SMARTS) is 1. The lowest BCUT2D eigenvalue weighted by Gasteiger charge is -2.14. The summed E-state index contributed by atoms with van der Waals surface area (Å²) < 4.78 is 25.0. The van der Waals surface area contributed by atoms with Gasteiger partial charge in [0.15, 0.2) is 11.6 Å². The number of carbonyl (C=O) groups is 2. The van der Waals surface area contributed by atoms with Crippen LogP contribution in [0.15, 0.2) is 60.7 Å². The van der Waals surface area contributed by atoms with E-state index < -0.39 is 35.2 Å². The minimum Gasteiger partial charge on any atom is -0.478 e. The number of nitriles is 1. The van der Waals surface area contributed by atoms with E-state index in [1.165, 1.54) is 18.2 Å². The van der Waals surface area contributed by atoms with Gasteiger partial charge in [-0.25, -0.2) is 9.18 Å². The third kappa shape index (κ3) is 4.49. The van der Waals surface area contributed by atoms with Gasteiger partial charge in [-0.05, 0) is 35.6 Å². The molecule has 6 nitrogen and oxygen atoms in total. The van der Waals surface area contributed by atoms with Crippen molar-refractivity contribution in [3.63, 3.8) is 0 Å². The van der Waals surface area contributed by atoms with Crippen LogP contribution in [0.2, 0.25) is 0 Å². The highest BCUT2D eigenvalue weighted by Crippen LogP contribution is 2.59. The van der Waals surface area contributed by atoms with E-state index in [2.05, 4.69) is 0 Å². The number of halogens is 1. The summed E-state index contributed by atoms with van der Waals surface area (Å²) in [6.45, 7) is 3.64. The van der Waals surface area contributed by atoms with E-state index >= 15 is 0 Å². The summed E-state index contributed by atoms with van der Waals surface area (Å²) in [6.07, 6.45) is 1.20. The van der Waals surface area contributed by atoms with Gasteiger partial charge >= 0.3 is 11.9 Å². The standard InChI is InChI=1S/C23H20FNO5/c1-23(2)16(9-11-20(26)27)21(23)22(28)30-19(13-25)14-8-10-17(24)18(12-14)29-15-6-4-3-5-7-15/h3-12,16,19,21H,1-2H3,(H,26,27)/t16-,19+,21-/m0/s1. The van der Waals surface area contributed by atoms with Crippen LogP contribution in [0, 0.1) is 34.4 Å². The summed E-state index contributed by atoms with van der Waals surface area (Å²) in [5.41, 5.74) is -0.206. The number of hydrogen-bond donors (Lipinski definition) is 1. The number of benzene rings is 2. The van der Waals surface area contributed by atoms with Crippen LogP contribution in [0.3, 0.4) is 0 Å². The van der Waals surface area contributed by atoms with Crippen molar-refractivity contribution in [1.29, 1.82) is 5.26 Å². The van der Waals surface area contributed by atoms with Crippen molar-refractivity contribution in [1.82, 2.24) is 0 Å². The molecule has 0 bridgehead atoms. The maximum atomic E-state index is 14.2. The maximum Gasteiger partial charge on any atom is 0.327 e. The fraction of sp³-hybridized carbons (Fsp3) is 0.261. The summed E-state index contributed by atoms with van der Waals surface area (Å²) in [4.78, 5) is 23.3. The molecule has 0 aliphatic heterocycles. The predicted octanol–water partition coefficient (Wildman–Crippen LogP) is 4.64. The van der Waals surface area contributed by atoms with E-state index in [-0.39, 0.29) is 17.2 Å². The first-order valence-electron chi connectivity index (χ1n) is 9.27. The maximum absolute atomic E-state index is 14.2. The highest BCUT2D eigenvalue weighted by Gasteiger charge is 2.61. The third-order valence-electron chi connectivity index (χ3n) is 5.19. The molecular formula is C23H20FNO5. The highest BCUT2D eigenvalue weighted by molar-refractivity contribution is 5.82. The van der Waals surface area contributed by atoms with Crippen LogP contribution < -0.4 is 4.74 Å². The number of aliphatic carboxylic acids is 1. The van der Waals surface area contributed by atoms with Gasteiger partial charge in [0.25, 0.3) is 0 Å². The lowest BCUT2D eigenvalue weighted by molar-refractivity contribution is -0.149. The fourth-order valence-corrected chi connectivity index (χ4v) is 3.41. The molecule has 0 amide bonds. The molecule has 154 valence electrons. The number of esters is 1. The molecule has 0 heterocycles. The summed E-state index contributed by atoms with van der Waals surface area (Å²) in [7, 11) is 0. The molecule has 3 rings (SSSR count). The molecule has 2 aromatic rings. The molecule has 1 fully saturated rings. The molecule has 0 radical (unpaired) electrons. The van der Waals surface area contributed by atoms with Gasteiger partial charge in [0.1, 0.15) is 11.8 Å². The molecule has 0 aromatic heterocycles. The van der Waals surface area contributed by atoms with E-state index in [1.54, 1.807) is 30.3 Å². The molecular weight excluding hydrogens is 389 g/mol. The zero-order valence-electron chi connectivity index (χ0n) is 16.4. The van der Waals surface area contributed by atoms with Crippen LogP contribution in [0.5, 0.6) is 11.5 Å². The number of ether oxygens (including phenoxy) is 2. The molecule has 0 unspecified atom stereocenters. The van der Waals surface area contributed by atoms with Crippen LogP contribution in [-0.4, -0.2) is 17.0 Å². The summed E-state index contributed by atoms with van der Waals surface area (Å²) in [5.74, 6) is -2.86. The Morgan fingerprint density at radius 1 is 1.23 bits per heavy atom. The Kier molecular flexibility index (Phi) is 5.88. The van der Waals surface area contributed by atoms with Crippen molar-refractivity contribution in [3.05, 3.63) is 72.1 Å². The summed E-state index contributed by atoms with van der Waals surface area (Å²) in [6, 6.07) is 14.3. The van der Waals surface area contributed by atoms with Crippen LogP contribution >= 0.6 is 0 Å². The third-order valence-corrected chi connectivity index (χ3v) is 5.19. The van der Waals surface area contributed by atoms with E-state index in [0.29, 0.717) is 5.75 Å². The largest absolute Gasteiger partial charge is 0.478 e. The number of allylic oxidation sites excluding steroid dienone is 1. The SMILES string of the molecule is CC1(C)[C@H](C(=O)O[C@H](C#N)c2ccc(F)c(Oc3ccccc3)c2)[C@@H]1C=CC(=O)O. The molecule has 1 N–H and O–H groups in total. The first kappa shape index (κ1) is 21.1. The number of rotatable bonds is 7. The second kappa shape index (κ2) is 8.37.